The molecule has 6 heteroatoms. The summed E-state index contributed by atoms with van der Waals surface area (Å²) in [7, 11) is 0. The van der Waals surface area contributed by atoms with E-state index in [9.17, 15) is 13.2 Å². The third kappa shape index (κ3) is 2.45. The first-order chi connectivity index (χ1) is 9.95. The number of nitrogens with zero attached hydrogens (tertiary/aromatic N) is 2. The Labute approximate surface area is 123 Å². The van der Waals surface area contributed by atoms with Gasteiger partial charge in [0.2, 0.25) is 0 Å². The van der Waals surface area contributed by atoms with E-state index < -0.39 is 23.0 Å². The zero-order valence-corrected chi connectivity index (χ0v) is 11.5. The van der Waals surface area contributed by atoms with Gasteiger partial charge < -0.3 is 0 Å². The molecule has 2 nitrogen and oxygen atoms in total. The van der Waals surface area contributed by atoms with Crippen molar-refractivity contribution in [1.82, 2.24) is 9.97 Å². The summed E-state index contributed by atoms with van der Waals surface area (Å²) < 4.78 is 40.5. The number of halogens is 4. The molecule has 0 saturated heterocycles. The van der Waals surface area contributed by atoms with Crippen LogP contribution in [0.4, 0.5) is 13.2 Å². The highest BCUT2D eigenvalue weighted by Crippen LogP contribution is 2.29. The van der Waals surface area contributed by atoms with Gasteiger partial charge in [-0.2, -0.15) is 0 Å². The maximum Gasteiger partial charge on any atom is 0.167 e. The quantitative estimate of drug-likeness (QED) is 0.610. The average molecular weight is 309 g/mol. The summed E-state index contributed by atoms with van der Waals surface area (Å²) in [5, 5.41) is 0.671. The standard InChI is InChI=1S/C15H8ClF3N2/c1-7-2-3-12-9(4-7)14(16)21-15(20-12)13-10(18)5-8(17)6-11(13)19/h2-6H,1H3. The molecule has 0 aliphatic carbocycles. The Balaban J connectivity index is 2.29. The molecule has 0 atom stereocenters. The van der Waals surface area contributed by atoms with Crippen molar-refractivity contribution in [2.45, 2.75) is 6.92 Å². The zero-order valence-electron chi connectivity index (χ0n) is 10.8. The smallest absolute Gasteiger partial charge is 0.167 e. The maximum atomic E-state index is 13.8. The van der Waals surface area contributed by atoms with Gasteiger partial charge in [0.25, 0.3) is 0 Å². The molecule has 0 aliphatic rings. The molecule has 1 aromatic heterocycles. The van der Waals surface area contributed by atoms with E-state index in [1.165, 1.54) is 0 Å². The Morgan fingerprint density at radius 3 is 2.29 bits per heavy atom. The van der Waals surface area contributed by atoms with Gasteiger partial charge in [0.15, 0.2) is 5.82 Å². The second-order valence-electron chi connectivity index (χ2n) is 4.60. The molecule has 1 heterocycles. The minimum Gasteiger partial charge on any atom is -0.228 e. The van der Waals surface area contributed by atoms with Crippen molar-refractivity contribution in [1.29, 1.82) is 0 Å². The fourth-order valence-electron chi connectivity index (χ4n) is 2.07. The fraction of sp³-hybridized carbons (Fsp3) is 0.0667. The van der Waals surface area contributed by atoms with Gasteiger partial charge in [0.05, 0.1) is 11.1 Å². The van der Waals surface area contributed by atoms with Crippen molar-refractivity contribution in [2.75, 3.05) is 0 Å². The van der Waals surface area contributed by atoms with Crippen molar-refractivity contribution in [3.05, 3.63) is 58.5 Å². The molecule has 21 heavy (non-hydrogen) atoms. The molecule has 0 radical (unpaired) electrons. The lowest BCUT2D eigenvalue weighted by Gasteiger charge is -2.07. The molecule has 0 aliphatic heterocycles. The van der Waals surface area contributed by atoms with Crippen molar-refractivity contribution in [3.8, 4) is 11.4 Å². The van der Waals surface area contributed by atoms with E-state index in [4.69, 9.17) is 11.6 Å². The fourth-order valence-corrected chi connectivity index (χ4v) is 2.30. The molecule has 0 fully saturated rings. The predicted molar refractivity (Wildman–Crippen MR) is 74.6 cm³/mol. The summed E-state index contributed by atoms with van der Waals surface area (Å²) in [4.78, 5) is 8.02. The first kappa shape index (κ1) is 13.8. The molecular weight excluding hydrogens is 301 g/mol. The van der Waals surface area contributed by atoms with Crippen LogP contribution in [0.25, 0.3) is 22.3 Å². The van der Waals surface area contributed by atoms with Crippen LogP contribution in [0.15, 0.2) is 30.3 Å². The van der Waals surface area contributed by atoms with Gasteiger partial charge in [-0.25, -0.2) is 23.1 Å². The van der Waals surface area contributed by atoms with Gasteiger partial charge in [0.1, 0.15) is 22.6 Å². The first-order valence-electron chi connectivity index (χ1n) is 6.04. The lowest BCUT2D eigenvalue weighted by molar-refractivity contribution is 0.547. The van der Waals surface area contributed by atoms with Crippen LogP contribution in [0.5, 0.6) is 0 Å². The number of aryl methyl sites for hydroxylation is 1. The Morgan fingerprint density at radius 1 is 0.952 bits per heavy atom. The van der Waals surface area contributed by atoms with Crippen molar-refractivity contribution in [2.24, 2.45) is 0 Å². The topological polar surface area (TPSA) is 25.8 Å². The van der Waals surface area contributed by atoms with E-state index in [1.54, 1.807) is 18.2 Å². The molecule has 0 bridgehead atoms. The monoisotopic (exact) mass is 308 g/mol. The van der Waals surface area contributed by atoms with Gasteiger partial charge in [-0.05, 0) is 19.1 Å². The summed E-state index contributed by atoms with van der Waals surface area (Å²) in [6.45, 7) is 1.88. The van der Waals surface area contributed by atoms with Crippen molar-refractivity contribution < 1.29 is 13.2 Å². The summed E-state index contributed by atoms with van der Waals surface area (Å²) in [5.41, 5.74) is 0.916. The first-order valence-corrected chi connectivity index (χ1v) is 6.42. The van der Waals surface area contributed by atoms with E-state index in [0.29, 0.717) is 23.0 Å². The van der Waals surface area contributed by atoms with Crippen LogP contribution in [0.3, 0.4) is 0 Å². The van der Waals surface area contributed by atoms with Crippen molar-refractivity contribution in [3.63, 3.8) is 0 Å². The summed E-state index contributed by atoms with van der Waals surface area (Å²) in [5.74, 6) is -3.37. The summed E-state index contributed by atoms with van der Waals surface area (Å²) in [6, 6.07) is 6.41. The Bertz CT molecular complexity index is 842. The van der Waals surface area contributed by atoms with Gasteiger partial charge >= 0.3 is 0 Å². The average Bonchev–Trinajstić information content (AvgIpc) is 2.38. The summed E-state index contributed by atoms with van der Waals surface area (Å²) >= 11 is 6.05. The molecular formula is C15H8ClF3N2. The van der Waals surface area contributed by atoms with E-state index in [0.717, 1.165) is 5.56 Å². The SMILES string of the molecule is Cc1ccc2nc(-c3c(F)cc(F)cc3F)nc(Cl)c2c1. The van der Waals surface area contributed by atoms with E-state index in [2.05, 4.69) is 9.97 Å². The molecule has 0 amide bonds. The highest BCUT2D eigenvalue weighted by molar-refractivity contribution is 6.34. The molecule has 2 aromatic carbocycles. The highest BCUT2D eigenvalue weighted by Gasteiger charge is 2.18. The Morgan fingerprint density at radius 2 is 1.62 bits per heavy atom. The Hall–Kier alpha value is -2.14. The second-order valence-corrected chi connectivity index (χ2v) is 4.96. The third-order valence-corrected chi connectivity index (χ3v) is 3.32. The number of aromatic nitrogens is 2. The molecule has 0 N–H and O–H groups in total. The van der Waals surface area contributed by atoms with Gasteiger partial charge in [-0.1, -0.05) is 23.2 Å². The van der Waals surface area contributed by atoms with E-state index in [-0.39, 0.29) is 11.0 Å². The third-order valence-electron chi connectivity index (χ3n) is 3.04. The number of rotatable bonds is 1. The van der Waals surface area contributed by atoms with Crippen LogP contribution >= 0.6 is 11.6 Å². The van der Waals surface area contributed by atoms with Gasteiger partial charge in [-0.15, -0.1) is 0 Å². The normalized spacial score (nSPS) is 11.1. The van der Waals surface area contributed by atoms with Crippen LogP contribution in [-0.4, -0.2) is 9.97 Å². The van der Waals surface area contributed by atoms with Crippen LogP contribution in [0.2, 0.25) is 5.15 Å². The number of hydrogen-bond donors (Lipinski definition) is 0. The lowest BCUT2D eigenvalue weighted by Crippen LogP contribution is -1.98. The number of fused-ring (bicyclic) bond motifs is 1. The van der Waals surface area contributed by atoms with Crippen LogP contribution < -0.4 is 0 Å². The second kappa shape index (κ2) is 5.00. The molecule has 3 rings (SSSR count). The van der Waals surface area contributed by atoms with E-state index in [1.807, 2.05) is 6.92 Å². The van der Waals surface area contributed by atoms with E-state index >= 15 is 0 Å². The van der Waals surface area contributed by atoms with Gasteiger partial charge in [0, 0.05) is 17.5 Å². The number of hydrogen-bond acceptors (Lipinski definition) is 2. The Kier molecular flexibility index (Phi) is 3.29. The number of benzene rings is 2. The van der Waals surface area contributed by atoms with Crippen LogP contribution in [-0.2, 0) is 0 Å². The molecule has 0 saturated carbocycles. The minimum absolute atomic E-state index is 0.0850. The zero-order chi connectivity index (χ0) is 15.1. The van der Waals surface area contributed by atoms with Crippen LogP contribution in [0.1, 0.15) is 5.56 Å². The molecule has 0 spiro atoms. The van der Waals surface area contributed by atoms with Gasteiger partial charge in [-0.3, -0.25) is 0 Å². The van der Waals surface area contributed by atoms with Crippen molar-refractivity contribution >= 4 is 22.5 Å². The molecule has 3 aromatic rings. The molecule has 0 unspecified atom stereocenters. The largest absolute Gasteiger partial charge is 0.228 e. The maximum absolute atomic E-state index is 13.8. The predicted octanol–water partition coefficient (Wildman–Crippen LogP) is 4.68. The summed E-state index contributed by atoms with van der Waals surface area (Å²) in [6.07, 6.45) is 0. The minimum atomic E-state index is -1.07. The van der Waals surface area contributed by atoms with Crippen LogP contribution in [0, 0.1) is 24.4 Å². The lowest BCUT2D eigenvalue weighted by atomic mass is 10.1. The molecule has 106 valence electrons. The highest BCUT2D eigenvalue weighted by atomic mass is 35.5.